The topological polar surface area (TPSA) is 29.5 Å². The van der Waals surface area contributed by atoms with Gasteiger partial charge in [-0.15, -0.1) is 0 Å². The molecule has 20 heavy (non-hydrogen) atoms. The number of benzene rings is 2. The second-order valence-corrected chi connectivity index (χ2v) is 4.69. The molecule has 0 aliphatic heterocycles. The fraction of sp³-hybridized carbons (Fsp3) is 0.235. The van der Waals surface area contributed by atoms with Gasteiger partial charge in [-0.2, -0.15) is 0 Å². The third kappa shape index (κ3) is 3.60. The van der Waals surface area contributed by atoms with Gasteiger partial charge in [0.2, 0.25) is 0 Å². The first-order valence-electron chi connectivity index (χ1n) is 6.64. The first kappa shape index (κ1) is 14.1. The summed E-state index contributed by atoms with van der Waals surface area (Å²) in [4.78, 5) is 14.0. The lowest BCUT2D eigenvalue weighted by atomic mass is 10.1. The minimum atomic E-state index is 0.0137. The Balaban J connectivity index is 1.98. The van der Waals surface area contributed by atoms with Crippen LogP contribution in [-0.4, -0.2) is 31.5 Å². The van der Waals surface area contributed by atoms with Crippen LogP contribution >= 0.6 is 0 Å². The number of carbonyl (C=O) groups is 1. The van der Waals surface area contributed by atoms with Crippen LogP contribution < -0.4 is 4.74 Å². The minimum Gasteiger partial charge on any atom is -0.497 e. The zero-order valence-electron chi connectivity index (χ0n) is 11.9. The molecule has 0 fully saturated rings. The van der Waals surface area contributed by atoms with Crippen molar-refractivity contribution in [3.8, 4) is 5.75 Å². The Morgan fingerprint density at radius 3 is 2.55 bits per heavy atom. The van der Waals surface area contributed by atoms with Crippen molar-refractivity contribution < 1.29 is 9.53 Å². The highest BCUT2D eigenvalue weighted by Gasteiger charge is 2.12. The second-order valence-electron chi connectivity index (χ2n) is 4.69. The molecule has 0 bridgehead atoms. The van der Waals surface area contributed by atoms with E-state index in [0.717, 1.165) is 6.42 Å². The van der Waals surface area contributed by atoms with Gasteiger partial charge in [-0.1, -0.05) is 36.4 Å². The number of hydrogen-bond donors (Lipinski definition) is 0. The third-order valence-corrected chi connectivity index (χ3v) is 3.24. The summed E-state index contributed by atoms with van der Waals surface area (Å²) in [5, 5.41) is 0. The molecule has 0 saturated carbocycles. The molecule has 0 radical (unpaired) electrons. The average molecular weight is 269 g/mol. The summed E-state index contributed by atoms with van der Waals surface area (Å²) in [6.07, 6.45) is 0.854. The summed E-state index contributed by atoms with van der Waals surface area (Å²) < 4.78 is 5.14. The van der Waals surface area contributed by atoms with E-state index in [9.17, 15) is 4.79 Å². The summed E-state index contributed by atoms with van der Waals surface area (Å²) in [7, 11) is 3.42. The molecule has 0 heterocycles. The number of hydrogen-bond acceptors (Lipinski definition) is 2. The van der Waals surface area contributed by atoms with Crippen molar-refractivity contribution in [3.05, 3.63) is 65.7 Å². The Bertz CT molecular complexity index is 566. The van der Waals surface area contributed by atoms with Gasteiger partial charge in [0.25, 0.3) is 5.91 Å². The molecule has 104 valence electrons. The molecule has 2 aromatic rings. The third-order valence-electron chi connectivity index (χ3n) is 3.24. The SMILES string of the molecule is COc1cccc(C(=O)N(C)CCc2ccccc2)c1. The predicted molar refractivity (Wildman–Crippen MR) is 80.1 cm³/mol. The molecule has 0 saturated heterocycles. The monoisotopic (exact) mass is 269 g/mol. The van der Waals surface area contributed by atoms with Crippen LogP contribution in [0.15, 0.2) is 54.6 Å². The van der Waals surface area contributed by atoms with Crippen LogP contribution in [0.25, 0.3) is 0 Å². The smallest absolute Gasteiger partial charge is 0.253 e. The van der Waals surface area contributed by atoms with E-state index in [4.69, 9.17) is 4.74 Å². The van der Waals surface area contributed by atoms with Crippen LogP contribution in [0.5, 0.6) is 5.75 Å². The molecule has 3 nitrogen and oxygen atoms in total. The molecular formula is C17H19NO2. The summed E-state index contributed by atoms with van der Waals surface area (Å²) in [6, 6.07) is 17.4. The fourth-order valence-electron chi connectivity index (χ4n) is 2.02. The number of rotatable bonds is 5. The Labute approximate surface area is 119 Å². The largest absolute Gasteiger partial charge is 0.497 e. The number of nitrogens with zero attached hydrogens (tertiary/aromatic N) is 1. The molecule has 0 atom stereocenters. The standard InChI is InChI=1S/C17H19NO2/c1-18(12-11-14-7-4-3-5-8-14)17(19)15-9-6-10-16(13-15)20-2/h3-10,13H,11-12H2,1-2H3. The van der Waals surface area contributed by atoms with Crippen molar-refractivity contribution in [2.45, 2.75) is 6.42 Å². The van der Waals surface area contributed by atoms with E-state index >= 15 is 0 Å². The predicted octanol–water partition coefficient (Wildman–Crippen LogP) is 3.01. The van der Waals surface area contributed by atoms with Crippen LogP contribution in [0, 0.1) is 0 Å². The highest BCUT2D eigenvalue weighted by atomic mass is 16.5. The lowest BCUT2D eigenvalue weighted by Crippen LogP contribution is -2.28. The lowest BCUT2D eigenvalue weighted by molar-refractivity contribution is 0.0796. The highest BCUT2D eigenvalue weighted by molar-refractivity contribution is 5.94. The molecule has 3 heteroatoms. The summed E-state index contributed by atoms with van der Waals surface area (Å²) in [5.41, 5.74) is 1.89. The zero-order valence-corrected chi connectivity index (χ0v) is 11.9. The maximum atomic E-state index is 12.3. The van der Waals surface area contributed by atoms with Crippen molar-refractivity contribution >= 4 is 5.91 Å². The molecule has 0 unspecified atom stereocenters. The maximum Gasteiger partial charge on any atom is 0.253 e. The van der Waals surface area contributed by atoms with Crippen LogP contribution in [0.2, 0.25) is 0 Å². The van der Waals surface area contributed by atoms with Crippen LogP contribution in [0.4, 0.5) is 0 Å². The molecule has 0 N–H and O–H groups in total. The van der Waals surface area contributed by atoms with E-state index in [1.165, 1.54) is 5.56 Å². The maximum absolute atomic E-state index is 12.3. The zero-order chi connectivity index (χ0) is 14.4. The van der Waals surface area contributed by atoms with Gasteiger partial charge in [0.1, 0.15) is 5.75 Å². The molecule has 2 rings (SSSR count). The van der Waals surface area contributed by atoms with Gasteiger partial charge in [0.05, 0.1) is 7.11 Å². The van der Waals surface area contributed by atoms with Gasteiger partial charge in [0, 0.05) is 19.2 Å². The van der Waals surface area contributed by atoms with Crippen molar-refractivity contribution in [2.24, 2.45) is 0 Å². The van der Waals surface area contributed by atoms with E-state index in [-0.39, 0.29) is 5.91 Å². The normalized spacial score (nSPS) is 10.1. The Morgan fingerprint density at radius 2 is 1.85 bits per heavy atom. The van der Waals surface area contributed by atoms with Gasteiger partial charge < -0.3 is 9.64 Å². The lowest BCUT2D eigenvalue weighted by Gasteiger charge is -2.17. The molecule has 0 aromatic heterocycles. The Kier molecular flexibility index (Phi) is 4.77. The van der Waals surface area contributed by atoms with Crippen LogP contribution in [-0.2, 0) is 6.42 Å². The number of carbonyl (C=O) groups excluding carboxylic acids is 1. The van der Waals surface area contributed by atoms with Crippen LogP contribution in [0.1, 0.15) is 15.9 Å². The first-order valence-corrected chi connectivity index (χ1v) is 6.64. The minimum absolute atomic E-state index is 0.0137. The fourth-order valence-corrected chi connectivity index (χ4v) is 2.02. The number of amides is 1. The van der Waals surface area contributed by atoms with Crippen LogP contribution in [0.3, 0.4) is 0 Å². The molecule has 0 spiro atoms. The second kappa shape index (κ2) is 6.75. The van der Waals surface area contributed by atoms with Gasteiger partial charge >= 0.3 is 0 Å². The van der Waals surface area contributed by atoms with Gasteiger partial charge in [-0.3, -0.25) is 4.79 Å². The Hall–Kier alpha value is -2.29. The van der Waals surface area contributed by atoms with Crippen molar-refractivity contribution in [3.63, 3.8) is 0 Å². The summed E-state index contributed by atoms with van der Waals surface area (Å²) in [6.45, 7) is 0.695. The molecule has 1 amide bonds. The van der Waals surface area contributed by atoms with E-state index in [1.807, 2.05) is 43.4 Å². The average Bonchev–Trinajstić information content (AvgIpc) is 2.53. The summed E-state index contributed by atoms with van der Waals surface area (Å²) in [5.74, 6) is 0.715. The number of ether oxygens (including phenoxy) is 1. The summed E-state index contributed by atoms with van der Waals surface area (Å²) >= 11 is 0. The molecular weight excluding hydrogens is 250 g/mol. The van der Waals surface area contributed by atoms with E-state index in [1.54, 1.807) is 18.1 Å². The van der Waals surface area contributed by atoms with E-state index < -0.39 is 0 Å². The van der Waals surface area contributed by atoms with Crippen molar-refractivity contribution in [2.75, 3.05) is 20.7 Å². The number of methoxy groups -OCH3 is 1. The van der Waals surface area contributed by atoms with Crippen molar-refractivity contribution in [1.29, 1.82) is 0 Å². The van der Waals surface area contributed by atoms with Gasteiger partial charge in [-0.05, 0) is 30.2 Å². The molecule has 0 aliphatic rings. The quantitative estimate of drug-likeness (QED) is 0.835. The highest BCUT2D eigenvalue weighted by Crippen LogP contribution is 2.14. The molecule has 2 aromatic carbocycles. The van der Waals surface area contributed by atoms with Gasteiger partial charge in [-0.25, -0.2) is 0 Å². The molecule has 0 aliphatic carbocycles. The van der Waals surface area contributed by atoms with E-state index in [0.29, 0.717) is 17.9 Å². The van der Waals surface area contributed by atoms with Gasteiger partial charge in [0.15, 0.2) is 0 Å². The Morgan fingerprint density at radius 1 is 1.10 bits per heavy atom. The first-order chi connectivity index (χ1) is 9.70. The van der Waals surface area contributed by atoms with Crippen molar-refractivity contribution in [1.82, 2.24) is 4.90 Å². The number of likely N-dealkylation sites (N-methyl/N-ethyl adjacent to an activating group) is 1. The van der Waals surface area contributed by atoms with E-state index in [2.05, 4.69) is 12.1 Å².